The molecule has 3 nitrogen and oxygen atoms in total. The van der Waals surface area contributed by atoms with Crippen molar-refractivity contribution in [2.24, 2.45) is 5.84 Å². The van der Waals surface area contributed by atoms with Crippen molar-refractivity contribution in [2.75, 3.05) is 11.5 Å². The second kappa shape index (κ2) is 7.88. The Morgan fingerprint density at radius 3 is 2.82 bits per heavy atom. The molecule has 0 bridgehead atoms. The fourth-order valence-corrected chi connectivity index (χ4v) is 1.49. The van der Waals surface area contributed by atoms with Crippen LogP contribution in [0.5, 0.6) is 0 Å². The second-order valence-electron chi connectivity index (χ2n) is 2.28. The molecule has 0 spiro atoms. The Hall–Kier alpha value is -0.220. The number of carbonyl (C=O) groups is 1. The molecule has 66 valence electrons. The van der Waals surface area contributed by atoms with E-state index >= 15 is 0 Å². The van der Waals surface area contributed by atoms with Gasteiger partial charge in [0.25, 0.3) is 0 Å². The van der Waals surface area contributed by atoms with Gasteiger partial charge in [-0.1, -0.05) is 6.92 Å². The van der Waals surface area contributed by atoms with Gasteiger partial charge in [0.2, 0.25) is 5.91 Å². The average molecular weight is 176 g/mol. The Kier molecular flexibility index (Phi) is 7.72. The van der Waals surface area contributed by atoms with Gasteiger partial charge in [-0.2, -0.15) is 11.8 Å². The molecule has 0 radical (unpaired) electrons. The van der Waals surface area contributed by atoms with Crippen LogP contribution in [-0.4, -0.2) is 17.4 Å². The molecule has 4 heteroatoms. The molecule has 0 heterocycles. The van der Waals surface area contributed by atoms with Gasteiger partial charge in [-0.25, -0.2) is 5.84 Å². The number of hydrogen-bond acceptors (Lipinski definition) is 3. The number of hydrazine groups is 1. The first-order valence-corrected chi connectivity index (χ1v) is 5.04. The van der Waals surface area contributed by atoms with Crippen molar-refractivity contribution < 1.29 is 4.79 Å². The fraction of sp³-hybridized carbons (Fsp3) is 0.857. The highest BCUT2D eigenvalue weighted by molar-refractivity contribution is 7.99. The van der Waals surface area contributed by atoms with Crippen molar-refractivity contribution in [1.29, 1.82) is 0 Å². The predicted molar refractivity (Wildman–Crippen MR) is 49.2 cm³/mol. The van der Waals surface area contributed by atoms with E-state index in [1.807, 2.05) is 11.8 Å². The van der Waals surface area contributed by atoms with Crippen LogP contribution in [0, 0.1) is 0 Å². The molecule has 0 rings (SSSR count). The van der Waals surface area contributed by atoms with Crippen LogP contribution < -0.4 is 11.3 Å². The fourth-order valence-electron chi connectivity index (χ4n) is 0.653. The zero-order valence-electron chi connectivity index (χ0n) is 6.93. The summed E-state index contributed by atoms with van der Waals surface area (Å²) in [5, 5.41) is 0. The molecule has 0 aromatic rings. The monoisotopic (exact) mass is 176 g/mol. The summed E-state index contributed by atoms with van der Waals surface area (Å²) in [7, 11) is 0. The molecule has 0 saturated carbocycles. The Bertz CT molecular complexity index is 109. The first-order chi connectivity index (χ1) is 5.31. The smallest absolute Gasteiger partial charge is 0.233 e. The van der Waals surface area contributed by atoms with Gasteiger partial charge >= 0.3 is 0 Å². The molecule has 3 N–H and O–H groups in total. The molecule has 0 fully saturated rings. The topological polar surface area (TPSA) is 55.1 Å². The van der Waals surface area contributed by atoms with Gasteiger partial charge in [-0.05, 0) is 24.3 Å². The minimum Gasteiger partial charge on any atom is -0.294 e. The van der Waals surface area contributed by atoms with Crippen LogP contribution >= 0.6 is 11.8 Å². The quantitative estimate of drug-likeness (QED) is 0.274. The van der Waals surface area contributed by atoms with E-state index in [2.05, 4.69) is 12.3 Å². The van der Waals surface area contributed by atoms with Crippen molar-refractivity contribution in [1.82, 2.24) is 5.43 Å². The minimum absolute atomic E-state index is 0.0675. The van der Waals surface area contributed by atoms with Crippen molar-refractivity contribution in [3.05, 3.63) is 0 Å². The van der Waals surface area contributed by atoms with Crippen molar-refractivity contribution >= 4 is 17.7 Å². The molecule has 0 saturated heterocycles. The summed E-state index contributed by atoms with van der Waals surface area (Å²) in [6, 6.07) is 0. The first-order valence-electron chi connectivity index (χ1n) is 3.88. The molecule has 0 unspecified atom stereocenters. The van der Waals surface area contributed by atoms with Gasteiger partial charge in [0.15, 0.2) is 0 Å². The highest BCUT2D eigenvalue weighted by Crippen LogP contribution is 2.05. The first kappa shape index (κ1) is 10.8. The zero-order valence-corrected chi connectivity index (χ0v) is 7.75. The highest BCUT2D eigenvalue weighted by Gasteiger charge is 1.96. The van der Waals surface area contributed by atoms with Crippen LogP contribution in [0.25, 0.3) is 0 Å². The number of nitrogens with one attached hydrogen (secondary N) is 1. The SMILES string of the molecule is CCCSCCCC(=O)NN. The molecule has 0 aliphatic rings. The number of nitrogens with two attached hydrogens (primary N) is 1. The minimum atomic E-state index is -0.0675. The van der Waals surface area contributed by atoms with Crippen molar-refractivity contribution in [3.63, 3.8) is 0 Å². The number of thioether (sulfide) groups is 1. The van der Waals surface area contributed by atoms with Crippen LogP contribution in [0.1, 0.15) is 26.2 Å². The molecule has 11 heavy (non-hydrogen) atoms. The standard InChI is InChI=1S/C7H16N2OS/c1-2-5-11-6-3-4-7(10)9-8/h2-6,8H2,1H3,(H,9,10). The lowest BCUT2D eigenvalue weighted by atomic mass is 10.3. The van der Waals surface area contributed by atoms with Crippen molar-refractivity contribution in [2.45, 2.75) is 26.2 Å². The Morgan fingerprint density at radius 2 is 2.27 bits per heavy atom. The van der Waals surface area contributed by atoms with E-state index in [-0.39, 0.29) is 5.91 Å². The summed E-state index contributed by atoms with van der Waals surface area (Å²) in [4.78, 5) is 10.6. The third-order valence-electron chi connectivity index (χ3n) is 1.20. The highest BCUT2D eigenvalue weighted by atomic mass is 32.2. The largest absolute Gasteiger partial charge is 0.294 e. The Balaban J connectivity index is 2.95. The normalized spacial score (nSPS) is 9.64. The lowest BCUT2D eigenvalue weighted by molar-refractivity contribution is -0.121. The summed E-state index contributed by atoms with van der Waals surface area (Å²) >= 11 is 1.88. The molecular formula is C7H16N2OS. The predicted octanol–water partition coefficient (Wildman–Crippen LogP) is 0.900. The molecule has 0 atom stereocenters. The molecule has 0 aromatic carbocycles. The average Bonchev–Trinajstić information content (AvgIpc) is 2.04. The van der Waals surface area contributed by atoms with E-state index in [1.54, 1.807) is 0 Å². The number of carbonyl (C=O) groups excluding carboxylic acids is 1. The number of rotatable bonds is 6. The Labute approximate surface area is 72.1 Å². The molecule has 1 amide bonds. The van der Waals surface area contributed by atoms with Gasteiger partial charge in [0.05, 0.1) is 0 Å². The molecule has 0 aromatic heterocycles. The third kappa shape index (κ3) is 7.68. The summed E-state index contributed by atoms with van der Waals surface area (Å²) in [6.07, 6.45) is 2.68. The summed E-state index contributed by atoms with van der Waals surface area (Å²) in [6.45, 7) is 2.15. The van der Waals surface area contributed by atoms with Crippen LogP contribution in [0.4, 0.5) is 0 Å². The van der Waals surface area contributed by atoms with E-state index in [0.717, 1.165) is 12.2 Å². The summed E-state index contributed by atoms with van der Waals surface area (Å²) in [5.74, 6) is 7.08. The maximum Gasteiger partial charge on any atom is 0.233 e. The van der Waals surface area contributed by atoms with Crippen LogP contribution in [0.2, 0.25) is 0 Å². The van der Waals surface area contributed by atoms with E-state index in [9.17, 15) is 4.79 Å². The van der Waals surface area contributed by atoms with Gasteiger partial charge in [-0.3, -0.25) is 10.2 Å². The lowest BCUT2D eigenvalue weighted by Gasteiger charge is -1.98. The maximum absolute atomic E-state index is 10.6. The zero-order chi connectivity index (χ0) is 8.53. The third-order valence-corrected chi connectivity index (χ3v) is 2.48. The number of hydrogen-bond donors (Lipinski definition) is 2. The van der Waals surface area contributed by atoms with Crippen LogP contribution in [0.3, 0.4) is 0 Å². The maximum atomic E-state index is 10.6. The van der Waals surface area contributed by atoms with E-state index in [4.69, 9.17) is 5.84 Å². The second-order valence-corrected chi connectivity index (χ2v) is 3.51. The van der Waals surface area contributed by atoms with Gasteiger partial charge in [-0.15, -0.1) is 0 Å². The van der Waals surface area contributed by atoms with Crippen LogP contribution in [0.15, 0.2) is 0 Å². The summed E-state index contributed by atoms with van der Waals surface area (Å²) in [5.41, 5.74) is 2.11. The van der Waals surface area contributed by atoms with Crippen molar-refractivity contribution in [3.8, 4) is 0 Å². The van der Waals surface area contributed by atoms with E-state index < -0.39 is 0 Å². The summed E-state index contributed by atoms with van der Waals surface area (Å²) < 4.78 is 0. The van der Waals surface area contributed by atoms with Crippen LogP contribution in [-0.2, 0) is 4.79 Å². The lowest BCUT2D eigenvalue weighted by Crippen LogP contribution is -2.29. The van der Waals surface area contributed by atoms with Gasteiger partial charge in [0.1, 0.15) is 0 Å². The molecular weight excluding hydrogens is 160 g/mol. The van der Waals surface area contributed by atoms with Gasteiger partial charge < -0.3 is 0 Å². The number of amides is 1. The van der Waals surface area contributed by atoms with Gasteiger partial charge in [0, 0.05) is 6.42 Å². The molecule has 0 aliphatic carbocycles. The van der Waals surface area contributed by atoms with E-state index in [0.29, 0.717) is 6.42 Å². The van der Waals surface area contributed by atoms with E-state index in [1.165, 1.54) is 12.2 Å². The Morgan fingerprint density at radius 1 is 1.55 bits per heavy atom. The molecule has 0 aliphatic heterocycles.